The van der Waals surface area contributed by atoms with Crippen molar-refractivity contribution in [2.24, 2.45) is 0 Å². The second-order valence-corrected chi connectivity index (χ2v) is 16.8. The van der Waals surface area contributed by atoms with Crippen LogP contribution in [-0.4, -0.2) is 19.6 Å². The summed E-state index contributed by atoms with van der Waals surface area (Å²) < 4.78 is 149. The molecule has 0 bridgehead atoms. The second-order valence-electron chi connectivity index (χ2n) is 16.8. The van der Waals surface area contributed by atoms with Crippen LogP contribution >= 0.6 is 0 Å². The molecule has 64 heavy (non-hydrogen) atoms. The fourth-order valence-corrected chi connectivity index (χ4v) is 7.66. The van der Waals surface area contributed by atoms with E-state index in [2.05, 4.69) is 56.1 Å². The predicted molar refractivity (Wildman–Crippen MR) is 263 cm³/mol. The Bertz CT molecular complexity index is 3850. The molecule has 0 aliphatic carbocycles. The molecule has 4 nitrogen and oxygen atoms in total. The van der Waals surface area contributed by atoms with Gasteiger partial charge in [-0.15, -0.1) is 23.8 Å². The van der Waals surface area contributed by atoms with Crippen LogP contribution in [0.4, 0.5) is 0 Å². The molecule has 0 unspecified atom stereocenters. The number of phenolic OH excluding ortho intramolecular Hbond substituents is 1. The van der Waals surface area contributed by atoms with Crippen molar-refractivity contribution in [2.45, 2.75) is 71.9 Å². The standard InChI is InChI=1S/C59H54N3O.Pt/c1-38(2)42-25-30-53(51(36-42)41-23-28-48(29-24-41)59(6,7)8)62-54-19-14-18-49(56(54)61-57(62)50-17-12-13-20-55(50)63)45-33-44(39-15-10-9-11-16-39)34-46(35-45)52-37-43(31-32-60-52)40-21-26-47(27-22-40)58(3,4)5;/h9-34,36-38,63H,1-8H3;/q-1;/i3D3,4D3,5D3,21D,22D,26D,27D,31D,32D,37D,38D;. The Morgan fingerprint density at radius 1 is 0.641 bits per heavy atom. The molecule has 0 atom stereocenters. The van der Waals surface area contributed by atoms with Gasteiger partial charge in [0.1, 0.15) is 11.6 Å². The van der Waals surface area contributed by atoms with Crippen molar-refractivity contribution in [1.29, 1.82) is 0 Å². The molecule has 9 rings (SSSR count). The van der Waals surface area contributed by atoms with Crippen LogP contribution in [0.5, 0.6) is 5.75 Å². The van der Waals surface area contributed by atoms with E-state index in [1.54, 1.807) is 30.3 Å². The van der Waals surface area contributed by atoms with Crippen LogP contribution in [-0.2, 0) is 31.9 Å². The minimum atomic E-state index is -3.94. The number of benzene rings is 7. The predicted octanol–water partition coefficient (Wildman–Crippen LogP) is 15.6. The first-order valence-electron chi connectivity index (χ1n) is 29.0. The molecular formula is C59H54N3OPt-. The van der Waals surface area contributed by atoms with Gasteiger partial charge in [-0.05, 0) is 92.0 Å². The van der Waals surface area contributed by atoms with E-state index in [1.807, 2.05) is 91.2 Å². The van der Waals surface area contributed by atoms with Crippen LogP contribution in [0, 0.1) is 6.07 Å². The number of hydrogen-bond acceptors (Lipinski definition) is 3. The van der Waals surface area contributed by atoms with E-state index in [9.17, 15) is 6.48 Å². The molecule has 0 aliphatic rings. The summed E-state index contributed by atoms with van der Waals surface area (Å²) in [5.74, 6) is -0.636. The average molecular weight is 1030 g/mol. The van der Waals surface area contributed by atoms with Crippen molar-refractivity contribution >= 4 is 11.0 Å². The van der Waals surface area contributed by atoms with Crippen molar-refractivity contribution in [3.63, 3.8) is 0 Å². The molecule has 0 spiro atoms. The largest absolute Gasteiger partial charge is 0.507 e. The van der Waals surface area contributed by atoms with E-state index >= 15 is 0 Å². The fraction of sp³-hybridized carbons (Fsp3) is 0.186. The Hall–Kier alpha value is -6.35. The molecule has 0 radical (unpaired) electrons. The van der Waals surface area contributed by atoms with E-state index in [1.165, 1.54) is 0 Å². The molecule has 0 fully saturated rings. The number of aromatic hydroxyl groups is 1. The van der Waals surface area contributed by atoms with Crippen molar-refractivity contribution in [3.05, 3.63) is 193 Å². The van der Waals surface area contributed by atoms with Crippen LogP contribution in [0.1, 0.15) is 101 Å². The first-order chi connectivity index (χ1) is 37.2. The van der Waals surface area contributed by atoms with Gasteiger partial charge in [-0.25, -0.2) is 4.98 Å². The zero-order valence-electron chi connectivity index (χ0n) is 52.7. The molecule has 2 aromatic heterocycles. The Morgan fingerprint density at radius 3 is 2.05 bits per heavy atom. The quantitative estimate of drug-likeness (QED) is 0.154. The third-order valence-electron chi connectivity index (χ3n) is 11.1. The van der Waals surface area contributed by atoms with Crippen LogP contribution < -0.4 is 0 Å². The molecule has 9 aromatic rings. The van der Waals surface area contributed by atoms with Crippen LogP contribution in [0.3, 0.4) is 0 Å². The van der Waals surface area contributed by atoms with Gasteiger partial charge >= 0.3 is 0 Å². The number of hydrogen-bond donors (Lipinski definition) is 1. The van der Waals surface area contributed by atoms with Gasteiger partial charge in [0.2, 0.25) is 0 Å². The summed E-state index contributed by atoms with van der Waals surface area (Å²) in [6.07, 6.45) is -0.773. The fourth-order valence-electron chi connectivity index (χ4n) is 7.66. The maximum absolute atomic E-state index is 11.5. The van der Waals surface area contributed by atoms with E-state index in [-0.39, 0.29) is 43.5 Å². The normalized spacial score (nSPS) is 16.4. The maximum atomic E-state index is 11.5. The average Bonchev–Trinajstić information content (AvgIpc) is 3.77. The first kappa shape index (κ1) is 27.8. The van der Waals surface area contributed by atoms with Gasteiger partial charge in [0, 0.05) is 52.2 Å². The number of pyridine rings is 1. The summed E-state index contributed by atoms with van der Waals surface area (Å²) in [4.78, 5) is 9.68. The smallest absolute Gasteiger partial charge is 0.148 e. The number of imidazole rings is 1. The summed E-state index contributed by atoms with van der Waals surface area (Å²) in [5.41, 5.74) is 0.775. The van der Waals surface area contributed by atoms with E-state index in [4.69, 9.17) is 26.9 Å². The number of fused-ring (bicyclic) bond motifs is 1. The summed E-state index contributed by atoms with van der Waals surface area (Å²) in [6.45, 7) is -1.76. The van der Waals surface area contributed by atoms with E-state index in [0.717, 1.165) is 22.3 Å². The molecule has 2 heterocycles. The molecule has 7 aromatic carbocycles. The summed E-state index contributed by atoms with van der Waals surface area (Å²) in [7, 11) is 0. The summed E-state index contributed by atoms with van der Waals surface area (Å²) >= 11 is 0. The Morgan fingerprint density at radius 2 is 1.34 bits per heavy atom. The number of rotatable bonds is 8. The topological polar surface area (TPSA) is 50.9 Å². The van der Waals surface area contributed by atoms with Crippen LogP contribution in [0.15, 0.2) is 170 Å². The number of aromatic nitrogens is 3. The number of para-hydroxylation sites is 2. The number of phenols is 1. The zero-order valence-corrected chi connectivity index (χ0v) is 38.0. The van der Waals surface area contributed by atoms with Gasteiger partial charge in [0.15, 0.2) is 0 Å². The molecule has 0 aliphatic heterocycles. The zero-order chi connectivity index (χ0) is 58.6. The van der Waals surface area contributed by atoms with Gasteiger partial charge < -0.3 is 5.11 Å². The Kier molecular flexibility index (Phi) is 7.66. The maximum Gasteiger partial charge on any atom is 0.148 e. The van der Waals surface area contributed by atoms with Crippen LogP contribution in [0.2, 0.25) is 0 Å². The third kappa shape index (κ3) is 8.77. The van der Waals surface area contributed by atoms with Gasteiger partial charge in [-0.1, -0.05) is 187 Å². The van der Waals surface area contributed by atoms with E-state index < -0.39 is 91.0 Å². The summed E-state index contributed by atoms with van der Waals surface area (Å²) in [6, 6.07) is 36.1. The van der Waals surface area contributed by atoms with Crippen molar-refractivity contribution in [1.82, 2.24) is 14.5 Å². The van der Waals surface area contributed by atoms with Gasteiger partial charge in [0.25, 0.3) is 0 Å². The Balaban J connectivity index is 0.00000860. The minimum absolute atomic E-state index is 0. The summed E-state index contributed by atoms with van der Waals surface area (Å²) in [5, 5.41) is 11.5. The van der Waals surface area contributed by atoms with Gasteiger partial charge in [0.05, 0.1) is 31.9 Å². The van der Waals surface area contributed by atoms with Crippen molar-refractivity contribution in [3.8, 4) is 78.6 Å². The molecular weight excluding hydrogens is 962 g/mol. The van der Waals surface area contributed by atoms with Crippen molar-refractivity contribution < 1.29 is 49.5 Å². The molecule has 5 heteroatoms. The molecule has 322 valence electrons. The number of nitrogens with zero attached hydrogens (tertiary/aromatic N) is 3. The molecule has 0 amide bonds. The second kappa shape index (κ2) is 17.7. The monoisotopic (exact) mass is 1030 g/mol. The van der Waals surface area contributed by atoms with Crippen molar-refractivity contribution in [2.75, 3.05) is 0 Å². The van der Waals surface area contributed by atoms with E-state index in [0.29, 0.717) is 50.4 Å². The molecule has 0 saturated carbocycles. The van der Waals surface area contributed by atoms with Gasteiger partial charge in [-0.2, -0.15) is 0 Å². The third-order valence-corrected chi connectivity index (χ3v) is 11.1. The Labute approximate surface area is 416 Å². The minimum Gasteiger partial charge on any atom is -0.507 e. The van der Waals surface area contributed by atoms with Gasteiger partial charge in [-0.3, -0.25) is 9.55 Å². The first-order valence-corrected chi connectivity index (χ1v) is 20.5. The molecule has 0 saturated heterocycles. The van der Waals surface area contributed by atoms with Crippen LogP contribution in [0.25, 0.3) is 83.9 Å². The SMILES string of the molecule is [2H]c1nc(-c2[c-]c(-c3cccc4c3nc(-c3ccccc3O)n4-c3ccc(C([2H])(C)C)cc3-c3ccc(C(C)(C)C)cc3)cc(-c3ccccc3)c2)c([2H])c(-c2c([2H])c([2H])c(C(C([2H])([2H])[2H])(C([2H])([2H])[2H])C([2H])([2H])[2H])c([2H])c2[2H])c1[2H].[Pt]. The molecule has 1 N–H and O–H groups in total.